The second-order valence-corrected chi connectivity index (χ2v) is 7.12. The normalized spacial score (nSPS) is 18.6. The largest absolute Gasteiger partial charge is 0.381 e. The molecule has 1 heterocycles. The fourth-order valence-corrected chi connectivity index (χ4v) is 3.76. The molecule has 18 heavy (non-hydrogen) atoms. The molecular formula is C11H20N4O2S. The molecule has 102 valence electrons. The second kappa shape index (κ2) is 4.24. The highest BCUT2D eigenvalue weighted by Gasteiger charge is 2.34. The molecular weight excluding hydrogens is 252 g/mol. The number of nitrogens with two attached hydrogens (primary N) is 1. The molecule has 1 saturated carbocycles. The standard InChI is InChI=1S/C11H20N4O2S/c1-8-9(10(12)14-15(8)3)18(16,17)13-7-11(2)5-4-6-11/h13H,4-7H2,1-3H3,(H2,12,14). The maximum atomic E-state index is 12.2. The minimum Gasteiger partial charge on any atom is -0.381 e. The van der Waals surface area contributed by atoms with Gasteiger partial charge in [0.05, 0.1) is 5.69 Å². The minimum absolute atomic E-state index is 0.0567. The lowest BCUT2D eigenvalue weighted by molar-refractivity contribution is 0.166. The molecule has 0 unspecified atom stereocenters. The van der Waals surface area contributed by atoms with Gasteiger partial charge in [0.1, 0.15) is 4.90 Å². The lowest BCUT2D eigenvalue weighted by Crippen LogP contribution is -2.40. The van der Waals surface area contributed by atoms with Crippen LogP contribution in [0, 0.1) is 12.3 Å². The third-order valence-corrected chi connectivity index (χ3v) is 5.39. The zero-order valence-electron chi connectivity index (χ0n) is 11.0. The summed E-state index contributed by atoms with van der Waals surface area (Å²) in [5.74, 6) is 0.0567. The molecule has 1 aromatic rings. The minimum atomic E-state index is -3.57. The Balaban J connectivity index is 2.20. The van der Waals surface area contributed by atoms with Gasteiger partial charge in [0, 0.05) is 13.6 Å². The van der Waals surface area contributed by atoms with Crippen molar-refractivity contribution in [2.45, 2.75) is 38.0 Å². The number of aromatic nitrogens is 2. The summed E-state index contributed by atoms with van der Waals surface area (Å²) in [5, 5.41) is 3.93. The summed E-state index contributed by atoms with van der Waals surface area (Å²) < 4.78 is 28.6. The molecule has 7 heteroatoms. The van der Waals surface area contributed by atoms with Gasteiger partial charge in [-0.3, -0.25) is 4.68 Å². The van der Waals surface area contributed by atoms with E-state index < -0.39 is 10.0 Å². The number of hydrogen-bond donors (Lipinski definition) is 2. The van der Waals surface area contributed by atoms with E-state index in [1.165, 1.54) is 11.1 Å². The summed E-state index contributed by atoms with van der Waals surface area (Å²) >= 11 is 0. The van der Waals surface area contributed by atoms with Crippen LogP contribution in [0.1, 0.15) is 31.9 Å². The number of rotatable bonds is 4. The van der Waals surface area contributed by atoms with E-state index in [0.717, 1.165) is 12.8 Å². The molecule has 1 aliphatic rings. The average Bonchev–Trinajstić information content (AvgIpc) is 2.48. The van der Waals surface area contributed by atoms with Gasteiger partial charge < -0.3 is 5.73 Å². The van der Waals surface area contributed by atoms with Crippen molar-refractivity contribution in [3.05, 3.63) is 5.69 Å². The Morgan fingerprint density at radius 2 is 2.11 bits per heavy atom. The molecule has 1 aliphatic carbocycles. The summed E-state index contributed by atoms with van der Waals surface area (Å²) in [5.41, 5.74) is 6.31. The first-order valence-electron chi connectivity index (χ1n) is 6.04. The van der Waals surface area contributed by atoms with Gasteiger partial charge >= 0.3 is 0 Å². The topological polar surface area (TPSA) is 90.0 Å². The number of hydrogen-bond acceptors (Lipinski definition) is 4. The van der Waals surface area contributed by atoms with Crippen LogP contribution in [0.25, 0.3) is 0 Å². The van der Waals surface area contributed by atoms with Crippen LogP contribution in [-0.4, -0.2) is 24.7 Å². The highest BCUT2D eigenvalue weighted by molar-refractivity contribution is 7.89. The number of sulfonamides is 1. The van der Waals surface area contributed by atoms with E-state index in [1.807, 2.05) is 0 Å². The number of aryl methyl sites for hydroxylation is 1. The Kier molecular flexibility index (Phi) is 3.14. The summed E-state index contributed by atoms with van der Waals surface area (Å²) in [6, 6.07) is 0. The van der Waals surface area contributed by atoms with E-state index in [9.17, 15) is 8.42 Å². The Morgan fingerprint density at radius 3 is 2.50 bits per heavy atom. The van der Waals surface area contributed by atoms with Gasteiger partial charge in [-0.25, -0.2) is 13.1 Å². The predicted octanol–water partition coefficient (Wildman–Crippen LogP) is 0.779. The summed E-state index contributed by atoms with van der Waals surface area (Å²) in [4.78, 5) is 0.105. The number of nitrogens with zero attached hydrogens (tertiary/aromatic N) is 2. The van der Waals surface area contributed by atoms with Crippen molar-refractivity contribution in [1.29, 1.82) is 0 Å². The van der Waals surface area contributed by atoms with E-state index in [2.05, 4.69) is 16.7 Å². The zero-order chi connectivity index (χ0) is 13.6. The van der Waals surface area contributed by atoms with E-state index in [1.54, 1.807) is 14.0 Å². The van der Waals surface area contributed by atoms with Gasteiger partial charge in [-0.15, -0.1) is 0 Å². The lowest BCUT2D eigenvalue weighted by Gasteiger charge is -2.38. The van der Waals surface area contributed by atoms with Crippen LogP contribution in [-0.2, 0) is 17.1 Å². The van der Waals surface area contributed by atoms with Crippen molar-refractivity contribution in [1.82, 2.24) is 14.5 Å². The Labute approximate surface area is 108 Å². The Hall–Kier alpha value is -1.08. The third-order valence-electron chi connectivity index (χ3n) is 3.82. The molecule has 0 bridgehead atoms. The molecule has 3 N–H and O–H groups in total. The Bertz CT molecular complexity index is 558. The summed E-state index contributed by atoms with van der Waals surface area (Å²) in [6.45, 7) is 4.25. The highest BCUT2D eigenvalue weighted by atomic mass is 32.2. The van der Waals surface area contributed by atoms with Gasteiger partial charge in [-0.1, -0.05) is 13.3 Å². The van der Waals surface area contributed by atoms with Crippen molar-refractivity contribution >= 4 is 15.8 Å². The van der Waals surface area contributed by atoms with Crippen LogP contribution in [0.5, 0.6) is 0 Å². The second-order valence-electron chi connectivity index (χ2n) is 5.41. The molecule has 2 rings (SSSR count). The van der Waals surface area contributed by atoms with E-state index >= 15 is 0 Å². The first-order chi connectivity index (χ1) is 8.25. The molecule has 0 atom stereocenters. The molecule has 0 aromatic carbocycles. The monoisotopic (exact) mass is 272 g/mol. The molecule has 0 amide bonds. The molecule has 0 radical (unpaired) electrons. The van der Waals surface area contributed by atoms with Crippen LogP contribution in [0.2, 0.25) is 0 Å². The molecule has 1 aromatic heterocycles. The lowest BCUT2D eigenvalue weighted by atomic mass is 9.71. The fraction of sp³-hybridized carbons (Fsp3) is 0.727. The summed E-state index contributed by atoms with van der Waals surface area (Å²) in [6.07, 6.45) is 3.31. The van der Waals surface area contributed by atoms with Crippen molar-refractivity contribution in [2.24, 2.45) is 12.5 Å². The van der Waals surface area contributed by atoms with Crippen molar-refractivity contribution in [3.63, 3.8) is 0 Å². The van der Waals surface area contributed by atoms with Crippen LogP contribution >= 0.6 is 0 Å². The number of nitrogen functional groups attached to an aromatic ring is 1. The maximum absolute atomic E-state index is 12.2. The molecule has 0 spiro atoms. The summed E-state index contributed by atoms with van der Waals surface area (Å²) in [7, 11) is -1.89. The van der Waals surface area contributed by atoms with Crippen LogP contribution < -0.4 is 10.5 Å². The van der Waals surface area contributed by atoms with Crippen LogP contribution in [0.15, 0.2) is 4.90 Å². The molecule has 6 nitrogen and oxygen atoms in total. The van der Waals surface area contributed by atoms with Crippen LogP contribution in [0.3, 0.4) is 0 Å². The van der Waals surface area contributed by atoms with Crippen molar-refractivity contribution < 1.29 is 8.42 Å². The van der Waals surface area contributed by atoms with Gasteiger partial charge in [0.25, 0.3) is 0 Å². The molecule has 0 saturated heterocycles. The van der Waals surface area contributed by atoms with E-state index in [-0.39, 0.29) is 16.1 Å². The van der Waals surface area contributed by atoms with Crippen LogP contribution in [0.4, 0.5) is 5.82 Å². The van der Waals surface area contributed by atoms with Gasteiger partial charge in [-0.05, 0) is 25.2 Å². The number of nitrogens with one attached hydrogen (secondary N) is 1. The van der Waals surface area contributed by atoms with Gasteiger partial charge in [0.2, 0.25) is 10.0 Å². The van der Waals surface area contributed by atoms with E-state index in [0.29, 0.717) is 12.2 Å². The molecule has 0 aliphatic heterocycles. The van der Waals surface area contributed by atoms with Crippen molar-refractivity contribution in [2.75, 3.05) is 12.3 Å². The quantitative estimate of drug-likeness (QED) is 0.847. The fourth-order valence-electron chi connectivity index (χ4n) is 2.24. The zero-order valence-corrected chi connectivity index (χ0v) is 11.8. The maximum Gasteiger partial charge on any atom is 0.246 e. The van der Waals surface area contributed by atoms with Crippen molar-refractivity contribution in [3.8, 4) is 0 Å². The van der Waals surface area contributed by atoms with Gasteiger partial charge in [-0.2, -0.15) is 5.10 Å². The number of anilines is 1. The Morgan fingerprint density at radius 1 is 1.50 bits per heavy atom. The predicted molar refractivity (Wildman–Crippen MR) is 69.5 cm³/mol. The first kappa shape index (κ1) is 13.4. The smallest absolute Gasteiger partial charge is 0.246 e. The SMILES string of the molecule is Cc1c(S(=O)(=O)NCC2(C)CCC2)c(N)nn1C. The first-order valence-corrected chi connectivity index (χ1v) is 7.52. The highest BCUT2D eigenvalue weighted by Crippen LogP contribution is 2.39. The molecule has 1 fully saturated rings. The third kappa shape index (κ3) is 2.24. The van der Waals surface area contributed by atoms with Gasteiger partial charge in [0.15, 0.2) is 5.82 Å². The van der Waals surface area contributed by atoms with E-state index in [4.69, 9.17) is 5.73 Å². The average molecular weight is 272 g/mol.